The highest BCUT2D eigenvalue weighted by Gasteiger charge is 1.94. The third kappa shape index (κ3) is 11.9. The lowest BCUT2D eigenvalue weighted by Gasteiger charge is -2.04. The molecular weight excluding hydrogens is 295 g/mol. The first-order valence-electron chi connectivity index (χ1n) is 7.55. The van der Waals surface area contributed by atoms with Crippen LogP contribution in [-0.2, 0) is 9.53 Å². The molecule has 0 fully saturated rings. The number of pyridine rings is 1. The standard InChI is InChI=1S/C15H19FN2.C3H6O2/c1-3-4-9-14(16)10-5-6-11-17-15-13(2)8-7-12-18-15;1-2-5-3-4/h4-10,12H,3,11H2,1-2H3,(H,17,18);3H,2H2,1H3/b6-5+,9-4-,14-10+;. The van der Waals surface area contributed by atoms with Crippen molar-refractivity contribution in [1.82, 2.24) is 4.98 Å². The first-order chi connectivity index (χ1) is 11.2. The molecule has 126 valence electrons. The number of rotatable bonds is 8. The maximum absolute atomic E-state index is 13.1. The van der Waals surface area contributed by atoms with Crippen LogP contribution in [0.2, 0.25) is 0 Å². The molecule has 1 N–H and O–H groups in total. The molecule has 0 atom stereocenters. The molecule has 4 nitrogen and oxygen atoms in total. The van der Waals surface area contributed by atoms with E-state index in [4.69, 9.17) is 0 Å². The van der Waals surface area contributed by atoms with E-state index < -0.39 is 0 Å². The molecule has 1 aromatic rings. The van der Waals surface area contributed by atoms with Crippen molar-refractivity contribution in [1.29, 1.82) is 0 Å². The Balaban J connectivity index is 0.000000841. The lowest BCUT2D eigenvalue weighted by molar-refractivity contribution is -0.128. The Morgan fingerprint density at radius 2 is 2.17 bits per heavy atom. The minimum absolute atomic E-state index is 0.234. The van der Waals surface area contributed by atoms with Gasteiger partial charge in [0, 0.05) is 12.7 Å². The van der Waals surface area contributed by atoms with Crippen molar-refractivity contribution in [3.05, 3.63) is 60.1 Å². The third-order valence-corrected chi connectivity index (χ3v) is 2.54. The minimum Gasteiger partial charge on any atom is -0.468 e. The number of ether oxygens (including phenoxy) is 1. The predicted octanol–water partition coefficient (Wildman–Crippen LogP) is 4.36. The van der Waals surface area contributed by atoms with E-state index in [1.165, 1.54) is 12.2 Å². The zero-order valence-electron chi connectivity index (χ0n) is 14.0. The van der Waals surface area contributed by atoms with Crippen LogP contribution in [0.15, 0.2) is 54.5 Å². The number of hydrogen-bond donors (Lipinski definition) is 1. The first kappa shape index (κ1) is 20.6. The molecule has 0 saturated carbocycles. The second-order valence-electron chi connectivity index (χ2n) is 4.39. The Morgan fingerprint density at radius 1 is 1.39 bits per heavy atom. The molecule has 5 heteroatoms. The molecule has 1 rings (SSSR count). The second-order valence-corrected chi connectivity index (χ2v) is 4.39. The van der Waals surface area contributed by atoms with Crippen molar-refractivity contribution in [2.45, 2.75) is 27.2 Å². The quantitative estimate of drug-likeness (QED) is 0.571. The number of nitrogens with zero attached hydrogens (tertiary/aromatic N) is 1. The van der Waals surface area contributed by atoms with Gasteiger partial charge in [-0.05, 0) is 44.1 Å². The number of halogens is 1. The van der Waals surface area contributed by atoms with Gasteiger partial charge in [-0.25, -0.2) is 9.37 Å². The normalized spacial score (nSPS) is 11.2. The van der Waals surface area contributed by atoms with E-state index in [0.717, 1.165) is 17.8 Å². The fraction of sp³-hybridized carbons (Fsp3) is 0.333. The van der Waals surface area contributed by atoms with Gasteiger partial charge in [-0.2, -0.15) is 0 Å². The van der Waals surface area contributed by atoms with Crippen molar-refractivity contribution in [2.75, 3.05) is 18.5 Å². The van der Waals surface area contributed by atoms with Gasteiger partial charge in [-0.3, -0.25) is 4.79 Å². The fourth-order valence-electron chi connectivity index (χ4n) is 1.41. The maximum Gasteiger partial charge on any atom is 0.293 e. The summed E-state index contributed by atoms with van der Waals surface area (Å²) in [5.41, 5.74) is 1.10. The number of aryl methyl sites for hydroxylation is 1. The molecule has 1 aromatic heterocycles. The summed E-state index contributed by atoms with van der Waals surface area (Å²) in [5.74, 6) is 0.625. The van der Waals surface area contributed by atoms with Crippen molar-refractivity contribution in [3.63, 3.8) is 0 Å². The van der Waals surface area contributed by atoms with E-state index in [9.17, 15) is 9.18 Å². The van der Waals surface area contributed by atoms with Crippen molar-refractivity contribution in [2.24, 2.45) is 0 Å². The van der Waals surface area contributed by atoms with Crippen molar-refractivity contribution >= 4 is 12.3 Å². The van der Waals surface area contributed by atoms with Crippen molar-refractivity contribution < 1.29 is 13.9 Å². The summed E-state index contributed by atoms with van der Waals surface area (Å²) in [6, 6.07) is 3.89. The molecule has 0 unspecified atom stereocenters. The lowest BCUT2D eigenvalue weighted by atomic mass is 10.3. The molecule has 0 spiro atoms. The van der Waals surface area contributed by atoms with Crippen LogP contribution in [0.25, 0.3) is 0 Å². The van der Waals surface area contributed by atoms with Crippen molar-refractivity contribution in [3.8, 4) is 0 Å². The second kappa shape index (κ2) is 14.5. The molecule has 0 amide bonds. The Bertz CT molecular complexity index is 526. The summed E-state index contributed by atoms with van der Waals surface area (Å²) in [6.45, 7) is 7.25. The number of aromatic nitrogens is 1. The van der Waals surface area contributed by atoms with Crippen LogP contribution >= 0.6 is 0 Å². The fourth-order valence-corrected chi connectivity index (χ4v) is 1.41. The molecule has 0 saturated heterocycles. The van der Waals surface area contributed by atoms with Crippen LogP contribution in [0.4, 0.5) is 10.2 Å². The molecule has 1 heterocycles. The SMILES string of the molecule is CCOC=O.CC\C=C/C(F)=C\C=C\CNc1ncccc1C. The molecule has 0 aliphatic rings. The smallest absolute Gasteiger partial charge is 0.293 e. The largest absolute Gasteiger partial charge is 0.468 e. The highest BCUT2D eigenvalue weighted by molar-refractivity contribution is 5.43. The van der Waals surface area contributed by atoms with Gasteiger partial charge < -0.3 is 10.1 Å². The van der Waals surface area contributed by atoms with Gasteiger partial charge >= 0.3 is 0 Å². The van der Waals surface area contributed by atoms with Crippen LogP contribution in [0.1, 0.15) is 25.8 Å². The number of allylic oxidation sites excluding steroid dienone is 5. The van der Waals surface area contributed by atoms with Crippen LogP contribution in [0.3, 0.4) is 0 Å². The Hall–Kier alpha value is -2.43. The summed E-state index contributed by atoms with van der Waals surface area (Å²) in [7, 11) is 0. The number of hydrogen-bond acceptors (Lipinski definition) is 4. The van der Waals surface area contributed by atoms with E-state index in [0.29, 0.717) is 19.6 Å². The van der Waals surface area contributed by atoms with Gasteiger partial charge in [0.05, 0.1) is 6.61 Å². The molecule has 0 aliphatic carbocycles. The van der Waals surface area contributed by atoms with Gasteiger partial charge in [0.1, 0.15) is 11.6 Å². The average Bonchev–Trinajstić information content (AvgIpc) is 2.55. The zero-order chi connectivity index (χ0) is 17.3. The highest BCUT2D eigenvalue weighted by Crippen LogP contribution is 2.08. The molecule has 0 aromatic carbocycles. The average molecular weight is 320 g/mol. The number of nitrogens with one attached hydrogen (secondary N) is 1. The van der Waals surface area contributed by atoms with Gasteiger partial charge in [-0.1, -0.05) is 31.2 Å². The summed E-state index contributed by atoms with van der Waals surface area (Å²) in [5, 5.41) is 3.16. The minimum atomic E-state index is -0.234. The molecule has 0 radical (unpaired) electrons. The van der Waals surface area contributed by atoms with E-state index in [-0.39, 0.29) is 5.83 Å². The zero-order valence-corrected chi connectivity index (χ0v) is 14.0. The highest BCUT2D eigenvalue weighted by atomic mass is 19.1. The molecule has 0 aliphatic heterocycles. The maximum atomic E-state index is 13.1. The molecular formula is C18H25FN2O2. The Morgan fingerprint density at radius 3 is 2.74 bits per heavy atom. The van der Waals surface area contributed by atoms with Gasteiger partial charge in [-0.15, -0.1) is 0 Å². The third-order valence-electron chi connectivity index (χ3n) is 2.54. The lowest BCUT2D eigenvalue weighted by Crippen LogP contribution is -2.01. The van der Waals surface area contributed by atoms with Gasteiger partial charge in [0.2, 0.25) is 0 Å². The summed E-state index contributed by atoms with van der Waals surface area (Å²) < 4.78 is 17.2. The topological polar surface area (TPSA) is 51.2 Å². The number of carbonyl (C=O) groups is 1. The molecule has 23 heavy (non-hydrogen) atoms. The Kier molecular flexibility index (Phi) is 13.0. The van der Waals surface area contributed by atoms with Crippen LogP contribution in [0, 0.1) is 6.92 Å². The van der Waals surface area contributed by atoms with Crippen LogP contribution in [0.5, 0.6) is 0 Å². The molecule has 0 bridgehead atoms. The van der Waals surface area contributed by atoms with E-state index in [1.54, 1.807) is 25.3 Å². The summed E-state index contributed by atoms with van der Waals surface area (Å²) in [4.78, 5) is 13.4. The first-order valence-corrected chi connectivity index (χ1v) is 7.55. The van der Waals surface area contributed by atoms with Crippen LogP contribution in [-0.4, -0.2) is 24.6 Å². The summed E-state index contributed by atoms with van der Waals surface area (Å²) in [6.07, 6.45) is 10.8. The number of anilines is 1. The van der Waals surface area contributed by atoms with E-state index >= 15 is 0 Å². The van der Waals surface area contributed by atoms with Gasteiger partial charge in [0.15, 0.2) is 0 Å². The predicted molar refractivity (Wildman–Crippen MR) is 92.9 cm³/mol. The summed E-state index contributed by atoms with van der Waals surface area (Å²) >= 11 is 0. The monoisotopic (exact) mass is 320 g/mol. The van der Waals surface area contributed by atoms with Crippen LogP contribution < -0.4 is 5.32 Å². The Labute approximate surface area is 137 Å². The van der Waals surface area contributed by atoms with E-state index in [2.05, 4.69) is 15.0 Å². The van der Waals surface area contributed by atoms with Gasteiger partial charge in [0.25, 0.3) is 6.47 Å². The van der Waals surface area contributed by atoms with E-state index in [1.807, 2.05) is 32.1 Å². The number of carbonyl (C=O) groups excluding carboxylic acids is 1.